The van der Waals surface area contributed by atoms with Crippen molar-refractivity contribution >= 4 is 27.3 Å². The molecule has 4 rings (SSSR count). The minimum absolute atomic E-state index is 0.00169. The molecule has 184 valence electrons. The maximum Gasteiger partial charge on any atom is 0.312 e. The van der Waals surface area contributed by atoms with Crippen molar-refractivity contribution in [2.75, 3.05) is 18.4 Å². The first-order valence-electron chi connectivity index (χ1n) is 11.0. The number of sulfonamides is 1. The predicted octanol–water partition coefficient (Wildman–Crippen LogP) is 3.20. The Morgan fingerprint density at radius 2 is 1.80 bits per heavy atom. The van der Waals surface area contributed by atoms with Crippen LogP contribution in [0.5, 0.6) is 5.75 Å². The van der Waals surface area contributed by atoms with Crippen LogP contribution in [0.15, 0.2) is 47.4 Å². The van der Waals surface area contributed by atoms with E-state index in [-0.39, 0.29) is 22.0 Å². The summed E-state index contributed by atoms with van der Waals surface area (Å²) in [7, 11) is -3.70. The number of carbonyl (C=O) groups excluding carboxylic acids is 1. The standard InChI is InChI=1S/C23H25N5O6S/c1-15-22(28(31)32)16(2)27(25-15)14-17-5-7-18(8-6-17)23(30)24-20-13-19(9-10-21(20)29)35(33,34)26-11-3-4-12-26/h5-10,13,29H,3-4,11-12,14H2,1-2H3,(H,24,30). The number of nitrogens with zero attached hydrogens (tertiary/aromatic N) is 4. The molecule has 0 unspecified atom stereocenters. The summed E-state index contributed by atoms with van der Waals surface area (Å²) in [5.74, 6) is -0.772. The average Bonchev–Trinajstić information content (AvgIpc) is 3.44. The number of nitrogens with one attached hydrogen (secondary N) is 1. The molecule has 1 aliphatic heterocycles. The highest BCUT2D eigenvalue weighted by molar-refractivity contribution is 7.89. The van der Waals surface area contributed by atoms with Crippen LogP contribution >= 0.6 is 0 Å². The number of benzene rings is 2. The highest BCUT2D eigenvalue weighted by atomic mass is 32.2. The van der Waals surface area contributed by atoms with Crippen LogP contribution in [-0.4, -0.2) is 51.5 Å². The Kier molecular flexibility index (Phi) is 6.59. The van der Waals surface area contributed by atoms with E-state index in [9.17, 15) is 28.4 Å². The van der Waals surface area contributed by atoms with Crippen molar-refractivity contribution in [3.63, 3.8) is 0 Å². The van der Waals surface area contributed by atoms with E-state index in [1.165, 1.54) is 27.2 Å². The van der Waals surface area contributed by atoms with Crippen molar-refractivity contribution in [3.8, 4) is 5.75 Å². The monoisotopic (exact) mass is 499 g/mol. The molecule has 1 fully saturated rings. The number of aromatic hydroxyl groups is 1. The van der Waals surface area contributed by atoms with Crippen molar-refractivity contribution in [2.24, 2.45) is 0 Å². The molecule has 1 amide bonds. The number of nitro groups is 1. The van der Waals surface area contributed by atoms with E-state index in [1.807, 2.05) is 0 Å². The van der Waals surface area contributed by atoms with Gasteiger partial charge in [-0.1, -0.05) is 12.1 Å². The van der Waals surface area contributed by atoms with Crippen molar-refractivity contribution in [1.82, 2.24) is 14.1 Å². The summed E-state index contributed by atoms with van der Waals surface area (Å²) in [5.41, 5.74) is 1.82. The van der Waals surface area contributed by atoms with E-state index in [1.54, 1.807) is 38.1 Å². The number of aromatic nitrogens is 2. The molecule has 11 nitrogen and oxygen atoms in total. The zero-order valence-corrected chi connectivity index (χ0v) is 20.1. The predicted molar refractivity (Wildman–Crippen MR) is 128 cm³/mol. The van der Waals surface area contributed by atoms with Gasteiger partial charge in [0, 0.05) is 18.7 Å². The fourth-order valence-corrected chi connectivity index (χ4v) is 5.63. The van der Waals surface area contributed by atoms with Crippen LogP contribution in [0.4, 0.5) is 11.4 Å². The summed E-state index contributed by atoms with van der Waals surface area (Å²) < 4.78 is 28.5. The van der Waals surface area contributed by atoms with Crippen LogP contribution < -0.4 is 5.32 Å². The van der Waals surface area contributed by atoms with Gasteiger partial charge < -0.3 is 10.4 Å². The lowest BCUT2D eigenvalue weighted by Crippen LogP contribution is -2.28. The van der Waals surface area contributed by atoms with Gasteiger partial charge in [-0.3, -0.25) is 19.6 Å². The SMILES string of the molecule is Cc1nn(Cc2ccc(C(=O)Nc3cc(S(=O)(=O)N4CCCC4)ccc3O)cc2)c(C)c1[N+](=O)[O-]. The van der Waals surface area contributed by atoms with Crippen molar-refractivity contribution in [3.05, 3.63) is 75.1 Å². The van der Waals surface area contributed by atoms with Gasteiger partial charge in [-0.15, -0.1) is 0 Å². The molecular weight excluding hydrogens is 474 g/mol. The number of hydrogen-bond acceptors (Lipinski definition) is 7. The number of phenolic OH excluding ortho intramolecular Hbond substituents is 1. The summed E-state index contributed by atoms with van der Waals surface area (Å²) in [6, 6.07) is 10.4. The summed E-state index contributed by atoms with van der Waals surface area (Å²) >= 11 is 0. The molecule has 2 aromatic carbocycles. The molecular formula is C23H25N5O6S. The van der Waals surface area contributed by atoms with Crippen LogP contribution in [0.2, 0.25) is 0 Å². The second kappa shape index (κ2) is 9.47. The molecule has 35 heavy (non-hydrogen) atoms. The zero-order valence-electron chi connectivity index (χ0n) is 19.3. The van der Waals surface area contributed by atoms with Crippen LogP contribution in [-0.2, 0) is 16.6 Å². The molecule has 0 bridgehead atoms. The molecule has 0 atom stereocenters. The number of rotatable bonds is 7. The van der Waals surface area contributed by atoms with E-state index in [0.29, 0.717) is 36.6 Å². The maximum absolute atomic E-state index is 12.8. The molecule has 2 N–H and O–H groups in total. The van der Waals surface area contributed by atoms with Gasteiger partial charge in [-0.05, 0) is 62.6 Å². The number of phenols is 1. The Morgan fingerprint density at radius 1 is 1.14 bits per heavy atom. The molecule has 1 aliphatic rings. The van der Waals surface area contributed by atoms with Crippen LogP contribution in [0, 0.1) is 24.0 Å². The van der Waals surface area contributed by atoms with Crippen molar-refractivity contribution in [2.45, 2.75) is 38.1 Å². The molecule has 0 saturated carbocycles. The van der Waals surface area contributed by atoms with Crippen molar-refractivity contribution in [1.29, 1.82) is 0 Å². The highest BCUT2D eigenvalue weighted by Crippen LogP contribution is 2.30. The normalized spacial score (nSPS) is 14.2. The van der Waals surface area contributed by atoms with Gasteiger partial charge in [0.15, 0.2) is 0 Å². The van der Waals surface area contributed by atoms with E-state index in [0.717, 1.165) is 18.4 Å². The highest BCUT2D eigenvalue weighted by Gasteiger charge is 2.28. The van der Waals surface area contributed by atoms with E-state index in [4.69, 9.17) is 0 Å². The van der Waals surface area contributed by atoms with Gasteiger partial charge in [0.25, 0.3) is 5.91 Å². The quantitative estimate of drug-likeness (QED) is 0.288. The van der Waals surface area contributed by atoms with Gasteiger partial charge in [-0.2, -0.15) is 9.40 Å². The minimum Gasteiger partial charge on any atom is -0.506 e. The number of hydrogen-bond donors (Lipinski definition) is 2. The number of amides is 1. The Labute approximate surface area is 202 Å². The third-order valence-electron chi connectivity index (χ3n) is 5.99. The second-order valence-corrected chi connectivity index (χ2v) is 10.3. The molecule has 0 radical (unpaired) electrons. The van der Waals surface area contributed by atoms with E-state index >= 15 is 0 Å². The Morgan fingerprint density at radius 3 is 2.40 bits per heavy atom. The topological polar surface area (TPSA) is 148 Å². The summed E-state index contributed by atoms with van der Waals surface area (Å²) in [4.78, 5) is 23.5. The van der Waals surface area contributed by atoms with Crippen LogP contribution in [0.3, 0.4) is 0 Å². The minimum atomic E-state index is -3.70. The molecule has 1 aromatic heterocycles. The summed E-state index contributed by atoms with van der Waals surface area (Å²) in [5, 5.41) is 28.2. The lowest BCUT2D eigenvalue weighted by Gasteiger charge is -2.16. The van der Waals surface area contributed by atoms with Gasteiger partial charge in [0.1, 0.15) is 17.1 Å². The average molecular weight is 500 g/mol. The van der Waals surface area contributed by atoms with Gasteiger partial charge in [0.2, 0.25) is 10.0 Å². The maximum atomic E-state index is 12.8. The summed E-state index contributed by atoms with van der Waals surface area (Å²) in [6.45, 7) is 4.39. The Balaban J connectivity index is 1.49. The van der Waals surface area contributed by atoms with E-state index in [2.05, 4.69) is 10.4 Å². The first kappa shape index (κ1) is 24.4. The van der Waals surface area contributed by atoms with Gasteiger partial charge in [0.05, 0.1) is 22.1 Å². The molecule has 0 spiro atoms. The van der Waals surface area contributed by atoms with Crippen LogP contribution in [0.1, 0.15) is 40.2 Å². The first-order chi connectivity index (χ1) is 16.6. The largest absolute Gasteiger partial charge is 0.506 e. The molecule has 12 heteroatoms. The third-order valence-corrected chi connectivity index (χ3v) is 7.89. The summed E-state index contributed by atoms with van der Waals surface area (Å²) in [6.07, 6.45) is 1.60. The van der Waals surface area contributed by atoms with Gasteiger partial charge in [-0.25, -0.2) is 8.42 Å². The first-order valence-corrected chi connectivity index (χ1v) is 12.4. The fourth-order valence-electron chi connectivity index (χ4n) is 4.09. The number of carbonyl (C=O) groups is 1. The second-order valence-electron chi connectivity index (χ2n) is 8.38. The Bertz CT molecular complexity index is 1390. The van der Waals surface area contributed by atoms with E-state index < -0.39 is 20.9 Å². The fraction of sp³-hybridized carbons (Fsp3) is 0.304. The van der Waals surface area contributed by atoms with Gasteiger partial charge >= 0.3 is 5.69 Å². The van der Waals surface area contributed by atoms with Crippen molar-refractivity contribution < 1.29 is 23.2 Å². The number of aryl methyl sites for hydroxylation is 1. The Hall–Kier alpha value is -3.77. The lowest BCUT2D eigenvalue weighted by molar-refractivity contribution is -0.386. The molecule has 0 aliphatic carbocycles. The lowest BCUT2D eigenvalue weighted by atomic mass is 10.1. The molecule has 1 saturated heterocycles. The molecule has 2 heterocycles. The smallest absolute Gasteiger partial charge is 0.312 e. The zero-order chi connectivity index (χ0) is 25.3. The third kappa shape index (κ3) is 4.88. The van der Waals surface area contributed by atoms with Crippen LogP contribution in [0.25, 0.3) is 0 Å². The molecule has 3 aromatic rings. The number of anilines is 1.